The highest BCUT2D eigenvalue weighted by Gasteiger charge is 2.21. The molecule has 0 aliphatic heterocycles. The van der Waals surface area contributed by atoms with E-state index in [-0.39, 0.29) is 11.1 Å². The predicted octanol–water partition coefficient (Wildman–Crippen LogP) is 3.17. The minimum Gasteiger partial charge on any atom is -0.496 e. The van der Waals surface area contributed by atoms with Gasteiger partial charge in [-0.2, -0.15) is 0 Å². The maximum atomic E-state index is 14.4. The quantitative estimate of drug-likeness (QED) is 0.697. The van der Waals surface area contributed by atoms with Gasteiger partial charge in [0.1, 0.15) is 11.6 Å². The van der Waals surface area contributed by atoms with Crippen molar-refractivity contribution in [2.75, 3.05) is 14.2 Å². The molecule has 3 aromatic rings. The molecule has 0 unspecified atom stereocenters. The maximum Gasteiger partial charge on any atom is 0.338 e. The fourth-order valence-corrected chi connectivity index (χ4v) is 2.60. The topological polar surface area (TPSA) is 53.4 Å². The number of aryl methyl sites for hydroxylation is 1. The van der Waals surface area contributed by atoms with Crippen LogP contribution in [0.2, 0.25) is 0 Å². The van der Waals surface area contributed by atoms with Crippen LogP contribution in [0.4, 0.5) is 4.39 Å². The number of rotatable bonds is 3. The van der Waals surface area contributed by atoms with Crippen LogP contribution >= 0.6 is 0 Å². The van der Waals surface area contributed by atoms with E-state index < -0.39 is 11.8 Å². The Hall–Kier alpha value is -2.89. The molecule has 0 saturated carbocycles. The molecule has 3 rings (SSSR count). The van der Waals surface area contributed by atoms with Crippen molar-refractivity contribution < 1.29 is 18.7 Å². The zero-order chi connectivity index (χ0) is 16.6. The molecule has 5 nitrogen and oxygen atoms in total. The molecule has 6 heteroatoms. The summed E-state index contributed by atoms with van der Waals surface area (Å²) in [6.07, 6.45) is 1.63. The van der Waals surface area contributed by atoms with Gasteiger partial charge < -0.3 is 14.0 Å². The second-order valence-electron chi connectivity index (χ2n) is 5.05. The van der Waals surface area contributed by atoms with Gasteiger partial charge in [-0.15, -0.1) is 0 Å². The van der Waals surface area contributed by atoms with E-state index in [1.54, 1.807) is 35.2 Å². The fourth-order valence-electron chi connectivity index (χ4n) is 2.60. The number of carbonyl (C=O) groups excluding carboxylic acids is 1. The molecule has 2 aromatic carbocycles. The molecule has 0 radical (unpaired) electrons. The van der Waals surface area contributed by atoms with Crippen LogP contribution in [0.1, 0.15) is 10.4 Å². The predicted molar refractivity (Wildman–Crippen MR) is 84.0 cm³/mol. The monoisotopic (exact) mass is 314 g/mol. The number of esters is 1. The van der Waals surface area contributed by atoms with Crippen molar-refractivity contribution in [3.63, 3.8) is 0 Å². The Morgan fingerprint density at radius 2 is 2.04 bits per heavy atom. The van der Waals surface area contributed by atoms with E-state index in [9.17, 15) is 9.18 Å². The van der Waals surface area contributed by atoms with Crippen molar-refractivity contribution in [1.29, 1.82) is 0 Å². The first-order valence-corrected chi connectivity index (χ1v) is 6.93. The van der Waals surface area contributed by atoms with Crippen molar-refractivity contribution in [2.24, 2.45) is 7.05 Å². The molecular formula is C17H15FN2O3. The van der Waals surface area contributed by atoms with Crippen LogP contribution in [0.5, 0.6) is 5.75 Å². The molecule has 0 N–H and O–H groups in total. The average molecular weight is 314 g/mol. The number of halogens is 1. The van der Waals surface area contributed by atoms with Gasteiger partial charge >= 0.3 is 5.97 Å². The number of imidazole rings is 1. The van der Waals surface area contributed by atoms with Crippen LogP contribution < -0.4 is 4.74 Å². The number of hydrogen-bond acceptors (Lipinski definition) is 4. The number of carbonyl (C=O) groups is 1. The largest absolute Gasteiger partial charge is 0.496 e. The minimum atomic E-state index is -0.548. The van der Waals surface area contributed by atoms with Crippen molar-refractivity contribution >= 4 is 17.0 Å². The first kappa shape index (κ1) is 15.0. The summed E-state index contributed by atoms with van der Waals surface area (Å²) in [6, 6.07) is 7.83. The molecule has 0 saturated heterocycles. The number of nitrogens with zero attached hydrogens (tertiary/aromatic N) is 2. The molecule has 118 valence electrons. The van der Waals surface area contributed by atoms with Gasteiger partial charge in [-0.3, -0.25) is 0 Å². The molecular weight excluding hydrogens is 299 g/mol. The van der Waals surface area contributed by atoms with E-state index in [1.165, 1.54) is 20.3 Å². The number of benzene rings is 2. The second kappa shape index (κ2) is 5.72. The smallest absolute Gasteiger partial charge is 0.338 e. The van der Waals surface area contributed by atoms with E-state index in [2.05, 4.69) is 4.98 Å². The van der Waals surface area contributed by atoms with Gasteiger partial charge in [-0.1, -0.05) is 6.07 Å². The van der Waals surface area contributed by atoms with Crippen LogP contribution in [0.25, 0.3) is 22.2 Å². The molecule has 1 heterocycles. The molecule has 0 spiro atoms. The lowest BCUT2D eigenvalue weighted by atomic mass is 9.97. The summed E-state index contributed by atoms with van der Waals surface area (Å²) in [7, 11) is 4.56. The first-order chi connectivity index (χ1) is 11.1. The Morgan fingerprint density at radius 1 is 1.26 bits per heavy atom. The molecule has 23 heavy (non-hydrogen) atoms. The molecule has 0 aliphatic rings. The Balaban J connectivity index is 2.38. The second-order valence-corrected chi connectivity index (χ2v) is 5.05. The molecule has 1 aromatic heterocycles. The van der Waals surface area contributed by atoms with Gasteiger partial charge in [-0.05, 0) is 24.3 Å². The SMILES string of the molecule is COC(=O)c1cc2c(cc1-c1c(F)cccc1OC)ncn2C. The third-order valence-electron chi connectivity index (χ3n) is 3.73. The van der Waals surface area contributed by atoms with E-state index >= 15 is 0 Å². The van der Waals surface area contributed by atoms with E-state index in [4.69, 9.17) is 9.47 Å². The van der Waals surface area contributed by atoms with Crippen molar-refractivity contribution in [3.8, 4) is 16.9 Å². The number of aromatic nitrogens is 2. The number of hydrogen-bond donors (Lipinski definition) is 0. The molecule has 0 aliphatic carbocycles. The highest BCUT2D eigenvalue weighted by Crippen LogP contribution is 2.36. The van der Waals surface area contributed by atoms with Crippen LogP contribution in [0.3, 0.4) is 0 Å². The fraction of sp³-hybridized carbons (Fsp3) is 0.176. The highest BCUT2D eigenvalue weighted by atomic mass is 19.1. The highest BCUT2D eigenvalue weighted by molar-refractivity contribution is 6.02. The van der Waals surface area contributed by atoms with Crippen LogP contribution in [-0.2, 0) is 11.8 Å². The van der Waals surface area contributed by atoms with Crippen LogP contribution in [0, 0.1) is 5.82 Å². The van der Waals surface area contributed by atoms with Crippen LogP contribution in [0.15, 0.2) is 36.7 Å². The molecule has 0 amide bonds. The lowest BCUT2D eigenvalue weighted by Crippen LogP contribution is -2.05. The van der Waals surface area contributed by atoms with Gasteiger partial charge in [0.05, 0.1) is 42.7 Å². The third kappa shape index (κ3) is 2.42. The van der Waals surface area contributed by atoms with Gasteiger partial charge in [0.25, 0.3) is 0 Å². The van der Waals surface area contributed by atoms with E-state index in [0.717, 1.165) is 5.52 Å². The number of methoxy groups -OCH3 is 2. The Kier molecular flexibility index (Phi) is 3.73. The third-order valence-corrected chi connectivity index (χ3v) is 3.73. The summed E-state index contributed by atoms with van der Waals surface area (Å²) in [5, 5.41) is 0. The minimum absolute atomic E-state index is 0.211. The normalized spacial score (nSPS) is 10.8. The standard InChI is InChI=1S/C17H15FN2O3/c1-20-9-19-13-7-10(11(8-14(13)20)17(21)23-3)16-12(18)5-4-6-15(16)22-2/h4-9H,1-3H3. The lowest BCUT2D eigenvalue weighted by molar-refractivity contribution is 0.0602. The van der Waals surface area contributed by atoms with Crippen molar-refractivity contribution in [1.82, 2.24) is 9.55 Å². The summed E-state index contributed by atoms with van der Waals surface area (Å²) in [5.74, 6) is -0.691. The van der Waals surface area contributed by atoms with E-state index in [1.807, 2.05) is 7.05 Å². The molecule has 0 atom stereocenters. The molecule has 0 fully saturated rings. The van der Waals surface area contributed by atoms with E-state index in [0.29, 0.717) is 16.8 Å². The summed E-state index contributed by atoms with van der Waals surface area (Å²) in [5.41, 5.74) is 2.26. The van der Waals surface area contributed by atoms with Gasteiger partial charge in [-0.25, -0.2) is 14.2 Å². The number of fused-ring (bicyclic) bond motifs is 1. The van der Waals surface area contributed by atoms with Gasteiger partial charge in [0.2, 0.25) is 0 Å². The Morgan fingerprint density at radius 3 is 2.74 bits per heavy atom. The Bertz CT molecular complexity index is 902. The van der Waals surface area contributed by atoms with Crippen molar-refractivity contribution in [3.05, 3.63) is 48.0 Å². The first-order valence-electron chi connectivity index (χ1n) is 6.93. The van der Waals surface area contributed by atoms with Gasteiger partial charge in [0, 0.05) is 12.6 Å². The summed E-state index contributed by atoms with van der Waals surface area (Å²) >= 11 is 0. The summed E-state index contributed by atoms with van der Waals surface area (Å²) in [6.45, 7) is 0. The summed E-state index contributed by atoms with van der Waals surface area (Å²) in [4.78, 5) is 16.4. The van der Waals surface area contributed by atoms with Crippen LogP contribution in [-0.4, -0.2) is 29.7 Å². The molecule has 0 bridgehead atoms. The summed E-state index contributed by atoms with van der Waals surface area (Å²) < 4.78 is 26.3. The van der Waals surface area contributed by atoms with Gasteiger partial charge in [0.15, 0.2) is 0 Å². The zero-order valence-corrected chi connectivity index (χ0v) is 13.0. The average Bonchev–Trinajstić information content (AvgIpc) is 2.93. The maximum absolute atomic E-state index is 14.4. The van der Waals surface area contributed by atoms with Crippen molar-refractivity contribution in [2.45, 2.75) is 0 Å². The lowest BCUT2D eigenvalue weighted by Gasteiger charge is -2.13. The Labute approximate surface area is 132 Å². The zero-order valence-electron chi connectivity index (χ0n) is 13.0. The number of ether oxygens (including phenoxy) is 2.